The van der Waals surface area contributed by atoms with Crippen LogP contribution < -0.4 is 4.74 Å². The SMILES string of the molecule is COc1cccc2c1[C@H](CO)N1[C@@H](C#N)[C@@H]3C[C@@H](C(=O)O)[C@H]([C@@H]1C2)N3C. The number of nitriles is 1. The number of nitrogens with zero attached hydrogens (tertiary/aromatic N) is 3. The second-order valence-corrected chi connectivity index (χ2v) is 7.43. The molecule has 3 aliphatic rings. The first-order valence-electron chi connectivity index (χ1n) is 8.91. The minimum absolute atomic E-state index is 0.124. The van der Waals surface area contributed by atoms with Crippen molar-refractivity contribution < 1.29 is 19.7 Å². The lowest BCUT2D eigenvalue weighted by Crippen LogP contribution is -2.67. The van der Waals surface area contributed by atoms with Gasteiger partial charge in [-0.25, -0.2) is 0 Å². The summed E-state index contributed by atoms with van der Waals surface area (Å²) in [6, 6.07) is 6.93. The van der Waals surface area contributed by atoms with Gasteiger partial charge in [-0.15, -0.1) is 0 Å². The van der Waals surface area contributed by atoms with Crippen LogP contribution in [0.5, 0.6) is 5.75 Å². The molecule has 0 amide bonds. The lowest BCUT2D eigenvalue weighted by Gasteiger charge is -2.54. The molecule has 7 heteroatoms. The molecule has 0 aliphatic carbocycles. The number of fused-ring (bicyclic) bond motifs is 5. The van der Waals surface area contributed by atoms with Crippen molar-refractivity contribution in [2.45, 2.75) is 43.1 Å². The molecular formula is C19H23N3O4. The molecule has 0 spiro atoms. The molecule has 2 fully saturated rings. The molecule has 0 unspecified atom stereocenters. The van der Waals surface area contributed by atoms with E-state index in [4.69, 9.17) is 4.74 Å². The first-order chi connectivity index (χ1) is 12.5. The third-order valence-corrected chi connectivity index (χ3v) is 6.48. The van der Waals surface area contributed by atoms with Crippen LogP contribution in [0.15, 0.2) is 18.2 Å². The maximum Gasteiger partial charge on any atom is 0.308 e. The summed E-state index contributed by atoms with van der Waals surface area (Å²) in [5.41, 5.74) is 1.98. The van der Waals surface area contributed by atoms with Gasteiger partial charge in [0.2, 0.25) is 0 Å². The number of hydrogen-bond donors (Lipinski definition) is 2. The van der Waals surface area contributed by atoms with E-state index in [9.17, 15) is 20.3 Å². The summed E-state index contributed by atoms with van der Waals surface area (Å²) in [4.78, 5) is 16.0. The van der Waals surface area contributed by atoms with Gasteiger partial charge in [-0.3, -0.25) is 14.6 Å². The highest BCUT2D eigenvalue weighted by molar-refractivity contribution is 5.72. The Balaban J connectivity index is 1.87. The van der Waals surface area contributed by atoms with Crippen molar-refractivity contribution in [3.63, 3.8) is 0 Å². The summed E-state index contributed by atoms with van der Waals surface area (Å²) >= 11 is 0. The van der Waals surface area contributed by atoms with Crippen LogP contribution >= 0.6 is 0 Å². The number of carbonyl (C=O) groups is 1. The van der Waals surface area contributed by atoms with E-state index in [1.165, 1.54) is 0 Å². The highest BCUT2D eigenvalue weighted by Gasteiger charge is 2.59. The molecule has 0 saturated carbocycles. The van der Waals surface area contributed by atoms with Crippen LogP contribution in [0, 0.1) is 17.2 Å². The number of aliphatic hydroxyl groups excluding tert-OH is 1. The predicted molar refractivity (Wildman–Crippen MR) is 92.6 cm³/mol. The maximum atomic E-state index is 11.9. The fraction of sp³-hybridized carbons (Fsp3) is 0.579. The largest absolute Gasteiger partial charge is 0.496 e. The van der Waals surface area contributed by atoms with E-state index in [-0.39, 0.29) is 30.8 Å². The summed E-state index contributed by atoms with van der Waals surface area (Å²) in [6.45, 7) is -0.136. The van der Waals surface area contributed by atoms with Crippen molar-refractivity contribution in [3.05, 3.63) is 29.3 Å². The number of rotatable bonds is 3. The van der Waals surface area contributed by atoms with Crippen LogP contribution in [0.1, 0.15) is 23.6 Å². The van der Waals surface area contributed by atoms with Crippen molar-refractivity contribution in [2.24, 2.45) is 5.92 Å². The number of carboxylic acid groups (broad SMARTS) is 1. The number of aliphatic carboxylic acids is 1. The molecule has 7 nitrogen and oxygen atoms in total. The molecule has 3 aliphatic heterocycles. The van der Waals surface area contributed by atoms with Crippen molar-refractivity contribution in [1.82, 2.24) is 9.80 Å². The zero-order valence-electron chi connectivity index (χ0n) is 14.9. The first kappa shape index (κ1) is 17.3. The molecule has 138 valence electrons. The van der Waals surface area contributed by atoms with E-state index < -0.39 is 17.9 Å². The summed E-state index contributed by atoms with van der Waals surface area (Å²) in [7, 11) is 3.53. The second-order valence-electron chi connectivity index (χ2n) is 7.43. The third-order valence-electron chi connectivity index (χ3n) is 6.48. The molecule has 1 aromatic carbocycles. The van der Waals surface area contributed by atoms with E-state index in [0.29, 0.717) is 18.6 Å². The van der Waals surface area contributed by atoms with Crippen LogP contribution in [0.4, 0.5) is 0 Å². The molecule has 6 atom stereocenters. The Morgan fingerprint density at radius 2 is 2.19 bits per heavy atom. The Labute approximate surface area is 152 Å². The highest BCUT2D eigenvalue weighted by Crippen LogP contribution is 2.49. The van der Waals surface area contributed by atoms with Gasteiger partial charge in [0.25, 0.3) is 0 Å². The molecule has 1 aromatic rings. The number of aliphatic hydroxyl groups is 1. The van der Waals surface area contributed by atoms with E-state index in [0.717, 1.165) is 11.1 Å². The zero-order valence-corrected chi connectivity index (χ0v) is 14.9. The van der Waals surface area contributed by atoms with Gasteiger partial charge >= 0.3 is 5.97 Å². The Kier molecular flexibility index (Phi) is 4.14. The molecule has 2 saturated heterocycles. The fourth-order valence-electron chi connectivity index (χ4n) is 5.48. The third kappa shape index (κ3) is 2.19. The highest BCUT2D eigenvalue weighted by atomic mass is 16.5. The van der Waals surface area contributed by atoms with Crippen molar-refractivity contribution >= 4 is 5.97 Å². The van der Waals surface area contributed by atoms with E-state index in [1.54, 1.807) is 7.11 Å². The van der Waals surface area contributed by atoms with E-state index in [1.807, 2.05) is 25.2 Å². The summed E-state index contributed by atoms with van der Waals surface area (Å²) in [5, 5.41) is 29.8. The minimum Gasteiger partial charge on any atom is -0.496 e. The molecule has 0 radical (unpaired) electrons. The Bertz CT molecular complexity index is 777. The number of piperazine rings is 1. The maximum absolute atomic E-state index is 11.9. The molecule has 2 N–H and O–H groups in total. The number of hydrogen-bond acceptors (Lipinski definition) is 6. The van der Waals surface area contributed by atoms with Crippen molar-refractivity contribution in [3.8, 4) is 11.8 Å². The zero-order chi connectivity index (χ0) is 18.6. The van der Waals surface area contributed by atoms with Gasteiger partial charge in [0.1, 0.15) is 11.8 Å². The van der Waals surface area contributed by atoms with Crippen LogP contribution in [0.25, 0.3) is 0 Å². The van der Waals surface area contributed by atoms with Gasteiger partial charge in [-0.05, 0) is 31.5 Å². The standard InChI is InChI=1S/C19H23N3O4/c1-21-12-7-11(19(24)25)18(21)13-6-10-4-3-5-16(26-2)17(10)15(9-23)22(13)14(12)8-20/h3-5,11-15,18,23H,6-7,9H2,1-2H3,(H,24,25)/t11-,12+,13+,14+,15+,18-/m1/s1. The van der Waals surface area contributed by atoms with Gasteiger partial charge in [0.05, 0.1) is 31.7 Å². The van der Waals surface area contributed by atoms with Crippen LogP contribution in [0.2, 0.25) is 0 Å². The van der Waals surface area contributed by atoms with E-state index in [2.05, 4.69) is 15.9 Å². The first-order valence-corrected chi connectivity index (χ1v) is 8.91. The van der Waals surface area contributed by atoms with Gasteiger partial charge < -0.3 is 14.9 Å². The summed E-state index contributed by atoms with van der Waals surface area (Å²) in [5.74, 6) is -0.597. The molecular weight excluding hydrogens is 334 g/mol. The number of benzene rings is 1. The van der Waals surface area contributed by atoms with E-state index >= 15 is 0 Å². The Morgan fingerprint density at radius 1 is 1.42 bits per heavy atom. The minimum atomic E-state index is -0.806. The Hall–Kier alpha value is -2.14. The number of likely N-dealkylation sites (N-methyl/N-ethyl adjacent to an activating group) is 1. The predicted octanol–water partition coefficient (Wildman–Crippen LogP) is 0.635. The Morgan fingerprint density at radius 3 is 2.81 bits per heavy atom. The molecule has 26 heavy (non-hydrogen) atoms. The lowest BCUT2D eigenvalue weighted by atomic mass is 9.80. The van der Waals surface area contributed by atoms with Crippen LogP contribution in [0.3, 0.4) is 0 Å². The topological polar surface area (TPSA) is 97.0 Å². The average Bonchev–Trinajstić information content (AvgIpc) is 2.90. The molecule has 3 heterocycles. The smallest absolute Gasteiger partial charge is 0.308 e. The number of methoxy groups -OCH3 is 1. The lowest BCUT2D eigenvalue weighted by molar-refractivity contribution is -0.144. The molecule has 0 aromatic heterocycles. The van der Waals surface area contributed by atoms with Gasteiger partial charge in [0, 0.05) is 23.7 Å². The summed E-state index contributed by atoms with van der Waals surface area (Å²) < 4.78 is 5.52. The number of ether oxygens (including phenoxy) is 1. The number of carboxylic acids is 1. The van der Waals surface area contributed by atoms with Crippen LogP contribution in [-0.4, -0.2) is 70.9 Å². The molecule has 2 bridgehead atoms. The van der Waals surface area contributed by atoms with Gasteiger partial charge in [-0.2, -0.15) is 5.26 Å². The molecule has 4 rings (SSSR count). The monoisotopic (exact) mass is 357 g/mol. The van der Waals surface area contributed by atoms with Crippen LogP contribution in [-0.2, 0) is 11.2 Å². The summed E-state index contributed by atoms with van der Waals surface area (Å²) in [6.07, 6.45) is 1.11. The van der Waals surface area contributed by atoms with Gasteiger partial charge in [-0.1, -0.05) is 12.1 Å². The fourth-order valence-corrected chi connectivity index (χ4v) is 5.48. The van der Waals surface area contributed by atoms with Crippen molar-refractivity contribution in [1.29, 1.82) is 5.26 Å². The van der Waals surface area contributed by atoms with Gasteiger partial charge in [0.15, 0.2) is 0 Å². The second kappa shape index (κ2) is 6.23. The van der Waals surface area contributed by atoms with Crippen molar-refractivity contribution in [2.75, 3.05) is 20.8 Å². The normalized spacial score (nSPS) is 36.1. The average molecular weight is 357 g/mol. The quantitative estimate of drug-likeness (QED) is 0.819.